The Hall–Kier alpha value is -2.61. The minimum absolute atomic E-state index is 0.0386. The van der Waals surface area contributed by atoms with Gasteiger partial charge in [-0.25, -0.2) is 4.98 Å². The first-order valence-corrected chi connectivity index (χ1v) is 14.6. The van der Waals surface area contributed by atoms with Crippen molar-refractivity contribution < 1.29 is 9.53 Å². The van der Waals surface area contributed by atoms with Gasteiger partial charge in [-0.2, -0.15) is 0 Å². The molecular weight excluding hydrogens is 498 g/mol. The maximum absolute atomic E-state index is 12.9. The SMILES string of the molecule is O=C(NCCN1CCCCC1)c1ccc2c(c1)nc(COc1ccc(Cl)cc1)n2CCCC1CCNCC1. The molecule has 3 heterocycles. The van der Waals surface area contributed by atoms with Crippen LogP contribution in [0.5, 0.6) is 5.75 Å². The molecule has 2 saturated heterocycles. The third-order valence-corrected chi connectivity index (χ3v) is 8.14. The molecule has 0 unspecified atom stereocenters. The van der Waals surface area contributed by atoms with E-state index < -0.39 is 0 Å². The van der Waals surface area contributed by atoms with Gasteiger partial charge in [-0.15, -0.1) is 0 Å². The number of amides is 1. The summed E-state index contributed by atoms with van der Waals surface area (Å²) in [6, 6.07) is 13.3. The predicted octanol–water partition coefficient (Wildman–Crippen LogP) is 5.26. The summed E-state index contributed by atoms with van der Waals surface area (Å²) in [6.07, 6.45) is 8.67. The van der Waals surface area contributed by atoms with E-state index in [1.54, 1.807) is 0 Å². The largest absolute Gasteiger partial charge is 0.486 e. The molecule has 0 bridgehead atoms. The molecule has 3 aromatic rings. The molecule has 7 nitrogen and oxygen atoms in total. The summed E-state index contributed by atoms with van der Waals surface area (Å²) >= 11 is 6.03. The number of piperidine rings is 2. The number of carbonyl (C=O) groups is 1. The molecule has 2 aliphatic rings. The summed E-state index contributed by atoms with van der Waals surface area (Å²) in [5, 5.41) is 7.24. The summed E-state index contributed by atoms with van der Waals surface area (Å²) in [6.45, 7) is 7.36. The molecule has 8 heteroatoms. The molecule has 0 atom stereocenters. The first kappa shape index (κ1) is 27.0. The lowest BCUT2D eigenvalue weighted by atomic mass is 9.93. The van der Waals surface area contributed by atoms with Crippen molar-refractivity contribution in [1.29, 1.82) is 0 Å². The van der Waals surface area contributed by atoms with E-state index in [4.69, 9.17) is 21.3 Å². The third kappa shape index (κ3) is 7.28. The van der Waals surface area contributed by atoms with Crippen LogP contribution in [0.15, 0.2) is 42.5 Å². The first-order valence-electron chi connectivity index (χ1n) is 14.2. The average Bonchev–Trinajstić information content (AvgIpc) is 3.30. The van der Waals surface area contributed by atoms with Gasteiger partial charge < -0.3 is 24.8 Å². The Kier molecular flexibility index (Phi) is 9.55. The Balaban J connectivity index is 1.27. The van der Waals surface area contributed by atoms with Gasteiger partial charge >= 0.3 is 0 Å². The molecular formula is C30H40ClN5O2. The van der Waals surface area contributed by atoms with Gasteiger partial charge in [0, 0.05) is 30.2 Å². The Morgan fingerprint density at radius 3 is 2.63 bits per heavy atom. The van der Waals surface area contributed by atoms with Crippen LogP contribution >= 0.6 is 11.6 Å². The zero-order chi connectivity index (χ0) is 26.2. The number of aromatic nitrogens is 2. The fourth-order valence-electron chi connectivity index (χ4n) is 5.68. The molecule has 204 valence electrons. The van der Waals surface area contributed by atoms with Crippen LogP contribution in [-0.2, 0) is 13.2 Å². The number of hydrogen-bond acceptors (Lipinski definition) is 5. The number of carbonyl (C=O) groups excluding carboxylic acids is 1. The standard InChI is InChI=1S/C30H40ClN5O2/c31-25-7-9-26(10-8-25)38-22-29-34-27-21-24(30(37)33-16-20-35-17-2-1-3-18-35)6-11-28(27)36(29)19-4-5-23-12-14-32-15-13-23/h6-11,21,23,32H,1-5,12-20,22H2,(H,33,37). The number of nitrogens with one attached hydrogen (secondary N) is 2. The van der Waals surface area contributed by atoms with Gasteiger partial charge in [0.1, 0.15) is 18.2 Å². The number of fused-ring (bicyclic) bond motifs is 1. The monoisotopic (exact) mass is 537 g/mol. The minimum Gasteiger partial charge on any atom is -0.486 e. The number of rotatable bonds is 11. The molecule has 2 aromatic carbocycles. The maximum Gasteiger partial charge on any atom is 0.251 e. The van der Waals surface area contributed by atoms with Crippen molar-refractivity contribution in [2.75, 3.05) is 39.3 Å². The number of imidazole rings is 1. The lowest BCUT2D eigenvalue weighted by Gasteiger charge is -2.26. The third-order valence-electron chi connectivity index (χ3n) is 7.89. The molecule has 0 saturated carbocycles. The number of hydrogen-bond donors (Lipinski definition) is 2. The molecule has 0 aliphatic carbocycles. The minimum atomic E-state index is -0.0386. The lowest BCUT2D eigenvalue weighted by Crippen LogP contribution is -2.37. The van der Waals surface area contributed by atoms with E-state index in [2.05, 4.69) is 20.1 Å². The van der Waals surface area contributed by atoms with Crippen molar-refractivity contribution in [1.82, 2.24) is 25.1 Å². The zero-order valence-corrected chi connectivity index (χ0v) is 23.0. The van der Waals surface area contributed by atoms with Crippen molar-refractivity contribution in [3.63, 3.8) is 0 Å². The van der Waals surface area contributed by atoms with Crippen LogP contribution < -0.4 is 15.4 Å². The smallest absolute Gasteiger partial charge is 0.251 e. The first-order chi connectivity index (χ1) is 18.7. The predicted molar refractivity (Wildman–Crippen MR) is 153 cm³/mol. The van der Waals surface area contributed by atoms with Gasteiger partial charge in [-0.05, 0) is 113 Å². The normalized spacial score (nSPS) is 17.1. The van der Waals surface area contributed by atoms with Crippen LogP contribution in [0.1, 0.15) is 61.1 Å². The molecule has 2 aliphatic heterocycles. The Bertz CT molecular complexity index is 1180. The fourth-order valence-corrected chi connectivity index (χ4v) is 5.81. The van der Waals surface area contributed by atoms with Gasteiger partial charge in [0.25, 0.3) is 5.91 Å². The van der Waals surface area contributed by atoms with Crippen molar-refractivity contribution >= 4 is 28.5 Å². The molecule has 1 amide bonds. The molecule has 0 radical (unpaired) electrons. The summed E-state index contributed by atoms with van der Waals surface area (Å²) in [7, 11) is 0. The highest BCUT2D eigenvalue weighted by Crippen LogP contribution is 2.24. The molecule has 2 fully saturated rings. The van der Waals surface area contributed by atoms with E-state index in [-0.39, 0.29) is 5.91 Å². The molecule has 0 spiro atoms. The van der Waals surface area contributed by atoms with Gasteiger partial charge in [0.05, 0.1) is 11.0 Å². The van der Waals surface area contributed by atoms with Crippen LogP contribution in [0.3, 0.4) is 0 Å². The van der Waals surface area contributed by atoms with E-state index in [0.29, 0.717) is 23.7 Å². The number of benzene rings is 2. The average molecular weight is 538 g/mol. The molecule has 2 N–H and O–H groups in total. The molecule has 1 aromatic heterocycles. The van der Waals surface area contributed by atoms with Crippen molar-refractivity contribution in [3.05, 3.63) is 58.9 Å². The lowest BCUT2D eigenvalue weighted by molar-refractivity contribution is 0.0946. The number of halogens is 1. The van der Waals surface area contributed by atoms with E-state index in [9.17, 15) is 4.79 Å². The second-order valence-electron chi connectivity index (χ2n) is 10.6. The van der Waals surface area contributed by atoms with E-state index in [0.717, 1.165) is 74.2 Å². The number of ether oxygens (including phenoxy) is 1. The van der Waals surface area contributed by atoms with Gasteiger partial charge in [-0.3, -0.25) is 4.79 Å². The van der Waals surface area contributed by atoms with Crippen LogP contribution in [0.25, 0.3) is 11.0 Å². The van der Waals surface area contributed by atoms with E-state index in [1.165, 1.54) is 38.5 Å². The van der Waals surface area contributed by atoms with Crippen LogP contribution in [0.4, 0.5) is 0 Å². The fraction of sp³-hybridized carbons (Fsp3) is 0.533. The zero-order valence-electron chi connectivity index (χ0n) is 22.3. The quantitative estimate of drug-likeness (QED) is 0.349. The van der Waals surface area contributed by atoms with Crippen molar-refractivity contribution in [3.8, 4) is 5.75 Å². The summed E-state index contributed by atoms with van der Waals surface area (Å²) in [5.41, 5.74) is 2.54. The van der Waals surface area contributed by atoms with Crippen molar-refractivity contribution in [2.45, 2.75) is 58.1 Å². The van der Waals surface area contributed by atoms with Gasteiger partial charge in [-0.1, -0.05) is 18.0 Å². The van der Waals surface area contributed by atoms with Crippen LogP contribution in [0.2, 0.25) is 5.02 Å². The van der Waals surface area contributed by atoms with Crippen LogP contribution in [0, 0.1) is 5.92 Å². The Morgan fingerprint density at radius 2 is 1.84 bits per heavy atom. The van der Waals surface area contributed by atoms with Crippen LogP contribution in [-0.4, -0.2) is 59.6 Å². The Morgan fingerprint density at radius 1 is 1.05 bits per heavy atom. The summed E-state index contributed by atoms with van der Waals surface area (Å²) in [5.74, 6) is 2.39. The topological polar surface area (TPSA) is 71.4 Å². The molecule has 5 rings (SSSR count). The van der Waals surface area contributed by atoms with E-state index in [1.807, 2.05) is 42.5 Å². The highest BCUT2D eigenvalue weighted by molar-refractivity contribution is 6.30. The summed E-state index contributed by atoms with van der Waals surface area (Å²) in [4.78, 5) is 20.3. The van der Waals surface area contributed by atoms with Crippen molar-refractivity contribution in [2.24, 2.45) is 5.92 Å². The summed E-state index contributed by atoms with van der Waals surface area (Å²) < 4.78 is 8.34. The number of nitrogens with zero attached hydrogens (tertiary/aromatic N) is 3. The van der Waals surface area contributed by atoms with E-state index >= 15 is 0 Å². The van der Waals surface area contributed by atoms with Gasteiger partial charge in [0.2, 0.25) is 0 Å². The maximum atomic E-state index is 12.9. The second kappa shape index (κ2) is 13.5. The number of aryl methyl sites for hydroxylation is 1. The highest BCUT2D eigenvalue weighted by atomic mass is 35.5. The number of likely N-dealkylation sites (tertiary alicyclic amines) is 1. The van der Waals surface area contributed by atoms with Gasteiger partial charge in [0.15, 0.2) is 0 Å². The highest BCUT2D eigenvalue weighted by Gasteiger charge is 2.17. The second-order valence-corrected chi connectivity index (χ2v) is 11.1. The Labute approximate surface area is 230 Å². The molecule has 38 heavy (non-hydrogen) atoms.